The molecule has 0 spiro atoms. The van der Waals surface area contributed by atoms with Crippen LogP contribution in [0.25, 0.3) is 0 Å². The van der Waals surface area contributed by atoms with Crippen LogP contribution < -0.4 is 10.5 Å². The molecule has 2 N–H and O–H groups in total. The topological polar surface area (TPSA) is 70.3 Å². The van der Waals surface area contributed by atoms with Crippen LogP contribution in [0.15, 0.2) is 12.4 Å². The maximum absolute atomic E-state index is 5.43. The Hall–Kier alpha value is -1.20. The van der Waals surface area contributed by atoms with E-state index in [1.807, 2.05) is 13.8 Å². The Balaban J connectivity index is 2.30. The van der Waals surface area contributed by atoms with Crippen molar-refractivity contribution in [3.63, 3.8) is 0 Å². The van der Waals surface area contributed by atoms with Gasteiger partial charge in [0.2, 0.25) is 5.88 Å². The highest BCUT2D eigenvalue weighted by Gasteiger charge is 1.99. The van der Waals surface area contributed by atoms with E-state index in [0.29, 0.717) is 25.6 Å². The molecule has 1 aromatic heterocycles. The highest BCUT2D eigenvalue weighted by molar-refractivity contribution is 5.07. The Morgan fingerprint density at radius 3 is 2.80 bits per heavy atom. The van der Waals surface area contributed by atoms with Gasteiger partial charge in [-0.25, -0.2) is 4.98 Å². The molecule has 0 atom stereocenters. The summed E-state index contributed by atoms with van der Waals surface area (Å²) in [6.07, 6.45) is 3.40. The van der Waals surface area contributed by atoms with E-state index in [2.05, 4.69) is 9.97 Å². The van der Waals surface area contributed by atoms with Gasteiger partial charge in [-0.2, -0.15) is 0 Å². The van der Waals surface area contributed by atoms with Crippen molar-refractivity contribution >= 4 is 0 Å². The summed E-state index contributed by atoms with van der Waals surface area (Å²) < 4.78 is 10.7. The number of hydrogen-bond acceptors (Lipinski definition) is 5. The minimum absolute atomic E-state index is 0.218. The molecule has 0 saturated heterocycles. The fourth-order valence-corrected chi connectivity index (χ4v) is 0.984. The van der Waals surface area contributed by atoms with Gasteiger partial charge >= 0.3 is 0 Å². The minimum Gasteiger partial charge on any atom is -0.474 e. The molecule has 5 heteroatoms. The van der Waals surface area contributed by atoms with E-state index in [9.17, 15) is 0 Å². The van der Waals surface area contributed by atoms with Gasteiger partial charge in [0.25, 0.3) is 0 Å². The summed E-state index contributed by atoms with van der Waals surface area (Å²) in [5.41, 5.74) is 6.15. The number of hydrogen-bond donors (Lipinski definition) is 1. The summed E-state index contributed by atoms with van der Waals surface area (Å²) in [6.45, 7) is 5.35. The van der Waals surface area contributed by atoms with Crippen molar-refractivity contribution in [2.45, 2.75) is 26.5 Å². The summed E-state index contributed by atoms with van der Waals surface area (Å²) in [7, 11) is 0. The van der Waals surface area contributed by atoms with Gasteiger partial charge < -0.3 is 15.2 Å². The van der Waals surface area contributed by atoms with Gasteiger partial charge in [0, 0.05) is 12.7 Å². The monoisotopic (exact) mass is 211 g/mol. The van der Waals surface area contributed by atoms with E-state index < -0.39 is 0 Å². The molecule has 0 aliphatic rings. The van der Waals surface area contributed by atoms with E-state index >= 15 is 0 Å². The first-order chi connectivity index (χ1) is 7.22. The molecule has 84 valence electrons. The van der Waals surface area contributed by atoms with Gasteiger partial charge in [-0.05, 0) is 13.8 Å². The van der Waals surface area contributed by atoms with Crippen LogP contribution in [0.4, 0.5) is 0 Å². The molecule has 0 radical (unpaired) electrons. The Morgan fingerprint density at radius 2 is 2.13 bits per heavy atom. The molecule has 15 heavy (non-hydrogen) atoms. The molecule has 0 unspecified atom stereocenters. The second kappa shape index (κ2) is 6.31. The van der Waals surface area contributed by atoms with Crippen molar-refractivity contribution in [3.05, 3.63) is 18.1 Å². The second-order valence-corrected chi connectivity index (χ2v) is 3.32. The van der Waals surface area contributed by atoms with Gasteiger partial charge in [-0.1, -0.05) is 0 Å². The first kappa shape index (κ1) is 11.9. The van der Waals surface area contributed by atoms with Crippen molar-refractivity contribution in [3.8, 4) is 5.88 Å². The highest BCUT2D eigenvalue weighted by atomic mass is 16.5. The van der Waals surface area contributed by atoms with Crippen molar-refractivity contribution in [1.29, 1.82) is 0 Å². The van der Waals surface area contributed by atoms with Crippen molar-refractivity contribution < 1.29 is 9.47 Å². The zero-order valence-electron chi connectivity index (χ0n) is 9.14. The summed E-state index contributed by atoms with van der Waals surface area (Å²) in [5, 5.41) is 0. The van der Waals surface area contributed by atoms with Crippen LogP contribution >= 0.6 is 0 Å². The van der Waals surface area contributed by atoms with Gasteiger partial charge in [-0.15, -0.1) is 0 Å². The maximum Gasteiger partial charge on any atom is 0.232 e. The van der Waals surface area contributed by atoms with Crippen LogP contribution in [0, 0.1) is 0 Å². The van der Waals surface area contributed by atoms with E-state index in [-0.39, 0.29) is 6.10 Å². The Labute approximate surface area is 89.6 Å². The first-order valence-electron chi connectivity index (χ1n) is 4.97. The lowest BCUT2D eigenvalue weighted by molar-refractivity contribution is 0.0541. The average molecular weight is 211 g/mol. The van der Waals surface area contributed by atoms with E-state index in [4.69, 9.17) is 15.2 Å². The van der Waals surface area contributed by atoms with Crippen molar-refractivity contribution in [2.24, 2.45) is 5.73 Å². The largest absolute Gasteiger partial charge is 0.474 e. The predicted molar refractivity (Wildman–Crippen MR) is 56.5 cm³/mol. The van der Waals surface area contributed by atoms with Gasteiger partial charge in [0.15, 0.2) is 0 Å². The molecule has 0 saturated carbocycles. The lowest BCUT2D eigenvalue weighted by atomic mass is 10.4. The van der Waals surface area contributed by atoms with Gasteiger partial charge in [-0.3, -0.25) is 4.98 Å². The van der Waals surface area contributed by atoms with Crippen LogP contribution in [0.3, 0.4) is 0 Å². The molecule has 0 aromatic carbocycles. The first-order valence-corrected chi connectivity index (χ1v) is 4.97. The Kier molecular flexibility index (Phi) is 5.00. The zero-order valence-corrected chi connectivity index (χ0v) is 9.14. The number of ether oxygens (including phenoxy) is 2. The Morgan fingerprint density at radius 1 is 1.33 bits per heavy atom. The summed E-state index contributed by atoms with van der Waals surface area (Å²) in [5.74, 6) is 0.491. The maximum atomic E-state index is 5.43. The zero-order chi connectivity index (χ0) is 11.1. The molecule has 0 amide bonds. The SMILES string of the molecule is CC(C)OCCOc1cncc(CN)n1. The fraction of sp³-hybridized carbons (Fsp3) is 0.600. The lowest BCUT2D eigenvalue weighted by Gasteiger charge is -2.08. The molecule has 1 heterocycles. The molecular formula is C10H17N3O2. The average Bonchev–Trinajstić information content (AvgIpc) is 2.24. The van der Waals surface area contributed by atoms with E-state index in [0.717, 1.165) is 5.69 Å². The van der Waals surface area contributed by atoms with Crippen molar-refractivity contribution in [1.82, 2.24) is 9.97 Å². The molecule has 0 aliphatic heterocycles. The Bertz CT molecular complexity index is 292. The molecule has 0 bridgehead atoms. The molecular weight excluding hydrogens is 194 g/mol. The van der Waals surface area contributed by atoms with Gasteiger partial charge in [0.05, 0.1) is 24.6 Å². The molecule has 0 fully saturated rings. The van der Waals surface area contributed by atoms with Crippen molar-refractivity contribution in [2.75, 3.05) is 13.2 Å². The summed E-state index contributed by atoms with van der Waals surface area (Å²) >= 11 is 0. The van der Waals surface area contributed by atoms with Gasteiger partial charge in [0.1, 0.15) is 6.61 Å². The second-order valence-electron chi connectivity index (χ2n) is 3.32. The lowest BCUT2D eigenvalue weighted by Crippen LogP contribution is -2.12. The summed E-state index contributed by atoms with van der Waals surface area (Å²) in [6, 6.07) is 0. The van der Waals surface area contributed by atoms with Crippen LogP contribution in [0.2, 0.25) is 0 Å². The number of aromatic nitrogens is 2. The third-order valence-electron chi connectivity index (χ3n) is 1.66. The third kappa shape index (κ3) is 4.71. The molecule has 0 aliphatic carbocycles. The highest BCUT2D eigenvalue weighted by Crippen LogP contribution is 2.04. The fourth-order valence-electron chi connectivity index (χ4n) is 0.984. The number of nitrogens with zero attached hydrogens (tertiary/aromatic N) is 2. The molecule has 1 rings (SSSR count). The predicted octanol–water partition coefficient (Wildman–Crippen LogP) is 0.739. The smallest absolute Gasteiger partial charge is 0.232 e. The standard InChI is InChI=1S/C10H17N3O2/c1-8(2)14-3-4-15-10-7-12-6-9(5-11)13-10/h6-8H,3-5,11H2,1-2H3. The summed E-state index contributed by atoms with van der Waals surface area (Å²) in [4.78, 5) is 8.10. The minimum atomic E-state index is 0.218. The van der Waals surface area contributed by atoms with Crippen LogP contribution in [-0.4, -0.2) is 29.3 Å². The number of rotatable bonds is 6. The normalized spacial score (nSPS) is 10.7. The van der Waals surface area contributed by atoms with Crippen LogP contribution in [0.1, 0.15) is 19.5 Å². The van der Waals surface area contributed by atoms with E-state index in [1.165, 1.54) is 0 Å². The third-order valence-corrected chi connectivity index (χ3v) is 1.66. The molecule has 1 aromatic rings. The van der Waals surface area contributed by atoms with E-state index in [1.54, 1.807) is 12.4 Å². The quantitative estimate of drug-likeness (QED) is 0.703. The van der Waals surface area contributed by atoms with Crippen LogP contribution in [0.5, 0.6) is 5.88 Å². The molecule has 5 nitrogen and oxygen atoms in total. The number of nitrogens with two attached hydrogens (primary N) is 1. The van der Waals surface area contributed by atoms with Crippen LogP contribution in [-0.2, 0) is 11.3 Å².